The van der Waals surface area contributed by atoms with Crippen LogP contribution in [0.1, 0.15) is 30.2 Å². The maximum atomic E-state index is 4.60. The molecule has 2 heterocycles. The fourth-order valence-electron chi connectivity index (χ4n) is 2.00. The van der Waals surface area contributed by atoms with E-state index in [1.165, 1.54) is 4.88 Å². The van der Waals surface area contributed by atoms with E-state index in [4.69, 9.17) is 0 Å². The third kappa shape index (κ3) is 6.05. The molecule has 0 aliphatic heterocycles. The quantitative estimate of drug-likeness (QED) is 0.384. The molecule has 0 aliphatic rings. The Kier molecular flexibility index (Phi) is 9.07. The summed E-state index contributed by atoms with van der Waals surface area (Å²) >= 11 is 1.64. The van der Waals surface area contributed by atoms with Gasteiger partial charge in [-0.15, -0.1) is 45.5 Å². The minimum absolute atomic E-state index is 0. The van der Waals surface area contributed by atoms with Gasteiger partial charge in [0.1, 0.15) is 12.2 Å². The molecule has 9 heteroatoms. The van der Waals surface area contributed by atoms with Crippen molar-refractivity contribution in [3.05, 3.63) is 28.2 Å². The molecule has 0 amide bonds. The highest BCUT2D eigenvalue weighted by Gasteiger charge is 2.04. The van der Waals surface area contributed by atoms with Gasteiger partial charge in [-0.2, -0.15) is 0 Å². The highest BCUT2D eigenvalue weighted by Crippen LogP contribution is 2.12. The number of halogens is 1. The lowest BCUT2D eigenvalue weighted by molar-refractivity contribution is 0.632. The Morgan fingerprint density at radius 1 is 1.35 bits per heavy atom. The van der Waals surface area contributed by atoms with Crippen molar-refractivity contribution >= 4 is 41.3 Å². The van der Waals surface area contributed by atoms with E-state index in [-0.39, 0.29) is 24.0 Å². The second-order valence-corrected chi connectivity index (χ2v) is 5.72. The summed E-state index contributed by atoms with van der Waals surface area (Å²) < 4.78 is 2.06. The van der Waals surface area contributed by atoms with E-state index < -0.39 is 0 Å². The lowest BCUT2D eigenvalue weighted by Crippen LogP contribution is -2.38. The number of nitrogens with zero attached hydrogens (tertiary/aromatic N) is 5. The number of aryl methyl sites for hydroxylation is 2. The topological polar surface area (TPSA) is 80.0 Å². The first kappa shape index (κ1) is 19.8. The predicted octanol–water partition coefficient (Wildman–Crippen LogP) is 1.98. The molecule has 0 aromatic carbocycles. The Morgan fingerprint density at radius 3 is 2.83 bits per heavy atom. The van der Waals surface area contributed by atoms with E-state index in [1.807, 2.05) is 12.4 Å². The van der Waals surface area contributed by atoms with Crippen molar-refractivity contribution in [2.75, 3.05) is 13.1 Å². The monoisotopic (exact) mass is 449 g/mol. The van der Waals surface area contributed by atoms with Gasteiger partial charge in [0.25, 0.3) is 0 Å². The minimum Gasteiger partial charge on any atom is -0.357 e. The molecule has 0 spiro atoms. The van der Waals surface area contributed by atoms with Crippen LogP contribution in [0.2, 0.25) is 0 Å². The number of guanidine groups is 1. The highest BCUT2D eigenvalue weighted by atomic mass is 127. The molecule has 23 heavy (non-hydrogen) atoms. The summed E-state index contributed by atoms with van der Waals surface area (Å²) in [5.74, 6) is 1.82. The van der Waals surface area contributed by atoms with E-state index in [0.29, 0.717) is 6.54 Å². The van der Waals surface area contributed by atoms with Gasteiger partial charge in [0.05, 0.1) is 17.7 Å². The molecule has 0 saturated heterocycles. The largest absolute Gasteiger partial charge is 0.357 e. The van der Waals surface area contributed by atoms with Gasteiger partial charge >= 0.3 is 0 Å². The molecule has 0 saturated carbocycles. The summed E-state index contributed by atoms with van der Waals surface area (Å²) in [5.41, 5.74) is 2.92. The molecule has 2 aromatic heterocycles. The number of aromatic nitrogens is 4. The van der Waals surface area contributed by atoms with Crippen molar-refractivity contribution in [1.82, 2.24) is 30.4 Å². The normalized spacial score (nSPS) is 11.2. The smallest absolute Gasteiger partial charge is 0.191 e. The summed E-state index contributed by atoms with van der Waals surface area (Å²) in [6, 6.07) is 0. The molecule has 2 aromatic rings. The summed E-state index contributed by atoms with van der Waals surface area (Å²) in [6.45, 7) is 9.23. The van der Waals surface area contributed by atoms with Crippen molar-refractivity contribution < 1.29 is 0 Å². The standard InChI is InChI=1S/C14H23N7S.HI/c1-4-13-20-19-9-21(13)7-6-16-14(15-5-2)17-8-12-11(3)18-10-22-12;/h9-10H,4-8H2,1-3H3,(H2,15,16,17);1H. The summed E-state index contributed by atoms with van der Waals surface area (Å²) in [5, 5.41) is 14.6. The zero-order valence-corrected chi connectivity index (χ0v) is 16.9. The maximum absolute atomic E-state index is 4.60. The van der Waals surface area contributed by atoms with E-state index in [0.717, 1.165) is 43.5 Å². The number of rotatable bonds is 7. The Bertz CT molecular complexity index is 608. The van der Waals surface area contributed by atoms with Crippen molar-refractivity contribution in [3.8, 4) is 0 Å². The van der Waals surface area contributed by atoms with E-state index >= 15 is 0 Å². The van der Waals surface area contributed by atoms with Crippen molar-refractivity contribution in [3.63, 3.8) is 0 Å². The van der Waals surface area contributed by atoms with Gasteiger partial charge in [0.15, 0.2) is 5.96 Å². The van der Waals surface area contributed by atoms with Crippen LogP contribution in [-0.4, -0.2) is 38.8 Å². The molecule has 2 N–H and O–H groups in total. The van der Waals surface area contributed by atoms with Gasteiger partial charge in [0.2, 0.25) is 0 Å². The lowest BCUT2D eigenvalue weighted by Gasteiger charge is -2.12. The van der Waals surface area contributed by atoms with Crippen LogP contribution in [0, 0.1) is 6.92 Å². The molecule has 7 nitrogen and oxygen atoms in total. The minimum atomic E-state index is 0. The zero-order valence-electron chi connectivity index (χ0n) is 13.7. The van der Waals surface area contributed by atoms with Gasteiger partial charge in [-0.05, 0) is 13.8 Å². The van der Waals surface area contributed by atoms with Gasteiger partial charge < -0.3 is 15.2 Å². The van der Waals surface area contributed by atoms with Gasteiger partial charge in [-0.1, -0.05) is 6.92 Å². The summed E-state index contributed by atoms with van der Waals surface area (Å²) in [7, 11) is 0. The Balaban J connectivity index is 0.00000264. The van der Waals surface area contributed by atoms with Crippen molar-refractivity contribution in [2.24, 2.45) is 4.99 Å². The Morgan fingerprint density at radius 2 is 2.17 bits per heavy atom. The van der Waals surface area contributed by atoms with Crippen LogP contribution in [-0.2, 0) is 19.5 Å². The Labute approximate surface area is 158 Å². The first-order chi connectivity index (χ1) is 10.7. The molecular formula is C14H24IN7S. The van der Waals surface area contributed by atoms with Crippen LogP contribution in [0.5, 0.6) is 0 Å². The van der Waals surface area contributed by atoms with Gasteiger partial charge in [0, 0.05) is 30.9 Å². The fraction of sp³-hybridized carbons (Fsp3) is 0.571. The van der Waals surface area contributed by atoms with E-state index in [1.54, 1.807) is 17.7 Å². The third-order valence-electron chi connectivity index (χ3n) is 3.23. The molecule has 2 rings (SSSR count). The summed E-state index contributed by atoms with van der Waals surface area (Å²) in [6.07, 6.45) is 2.66. The number of nitrogens with one attached hydrogen (secondary N) is 2. The van der Waals surface area contributed by atoms with E-state index in [2.05, 4.69) is 49.2 Å². The zero-order chi connectivity index (χ0) is 15.8. The fourth-order valence-corrected chi connectivity index (χ4v) is 2.71. The van der Waals surface area contributed by atoms with Gasteiger partial charge in [-0.3, -0.25) is 0 Å². The van der Waals surface area contributed by atoms with Gasteiger partial charge in [-0.25, -0.2) is 9.98 Å². The predicted molar refractivity (Wildman–Crippen MR) is 104 cm³/mol. The molecule has 128 valence electrons. The average molecular weight is 449 g/mol. The van der Waals surface area contributed by atoms with Crippen molar-refractivity contribution in [1.29, 1.82) is 0 Å². The molecule has 0 unspecified atom stereocenters. The molecule has 0 atom stereocenters. The molecule has 0 fully saturated rings. The molecule has 0 radical (unpaired) electrons. The van der Waals surface area contributed by atoms with Crippen LogP contribution in [0.3, 0.4) is 0 Å². The highest BCUT2D eigenvalue weighted by molar-refractivity contribution is 14.0. The first-order valence-electron chi connectivity index (χ1n) is 7.52. The third-order valence-corrected chi connectivity index (χ3v) is 4.15. The summed E-state index contributed by atoms with van der Waals surface area (Å²) in [4.78, 5) is 10.0. The average Bonchev–Trinajstić information content (AvgIpc) is 3.13. The SMILES string of the molecule is CCNC(=NCc1scnc1C)NCCn1cnnc1CC.I. The molecular weight excluding hydrogens is 425 g/mol. The van der Waals surface area contributed by atoms with Crippen LogP contribution in [0.25, 0.3) is 0 Å². The van der Waals surface area contributed by atoms with E-state index in [9.17, 15) is 0 Å². The van der Waals surface area contributed by atoms with Crippen molar-refractivity contribution in [2.45, 2.75) is 40.3 Å². The second kappa shape index (κ2) is 10.5. The van der Waals surface area contributed by atoms with Crippen LogP contribution in [0.4, 0.5) is 0 Å². The second-order valence-electron chi connectivity index (χ2n) is 4.78. The Hall–Kier alpha value is -1.23. The lowest BCUT2D eigenvalue weighted by atomic mass is 10.4. The van der Waals surface area contributed by atoms with Crippen LogP contribution >= 0.6 is 35.3 Å². The first-order valence-corrected chi connectivity index (χ1v) is 8.40. The maximum Gasteiger partial charge on any atom is 0.191 e. The number of aliphatic imine (C=N–C) groups is 1. The molecule has 0 bridgehead atoms. The molecule has 0 aliphatic carbocycles. The van der Waals surface area contributed by atoms with Crippen LogP contribution in [0.15, 0.2) is 16.8 Å². The van der Waals surface area contributed by atoms with Crippen LogP contribution < -0.4 is 10.6 Å². The number of hydrogen-bond acceptors (Lipinski definition) is 5. The number of thiazole rings is 1. The number of hydrogen-bond donors (Lipinski definition) is 2.